The van der Waals surface area contributed by atoms with Gasteiger partial charge in [0.25, 0.3) is 5.91 Å². The Balaban J connectivity index is 2.59. The van der Waals surface area contributed by atoms with E-state index in [1.54, 1.807) is 6.07 Å². The molecule has 112 valence electrons. The summed E-state index contributed by atoms with van der Waals surface area (Å²) in [5, 5.41) is 2.93. The van der Waals surface area contributed by atoms with E-state index in [0.29, 0.717) is 17.9 Å². The fourth-order valence-corrected chi connectivity index (χ4v) is 2.35. The van der Waals surface area contributed by atoms with Gasteiger partial charge in [-0.2, -0.15) is 11.8 Å². The van der Waals surface area contributed by atoms with E-state index in [2.05, 4.69) is 28.9 Å². The molecule has 0 fully saturated rings. The Kier molecular flexibility index (Phi) is 8.06. The van der Waals surface area contributed by atoms with Crippen molar-refractivity contribution in [1.82, 2.24) is 10.3 Å². The fraction of sp³-hybridized carbons (Fsp3) is 0.571. The molecule has 1 rings (SSSR count). The van der Waals surface area contributed by atoms with Gasteiger partial charge in [0, 0.05) is 17.8 Å². The Morgan fingerprint density at radius 2 is 2.20 bits per heavy atom. The molecule has 0 radical (unpaired) electrons. The highest BCUT2D eigenvalue weighted by Crippen LogP contribution is 2.11. The lowest BCUT2D eigenvalue weighted by molar-refractivity contribution is 0.0953. The van der Waals surface area contributed by atoms with E-state index in [9.17, 15) is 4.79 Å². The average Bonchev–Trinajstić information content (AvgIpc) is 2.46. The SMILES string of the molecule is CCCc1cc(C(=O)NCCCCSC)cc(NN)n1. The van der Waals surface area contributed by atoms with Crippen molar-refractivity contribution in [2.75, 3.05) is 24.0 Å². The van der Waals surface area contributed by atoms with Crippen molar-refractivity contribution in [3.63, 3.8) is 0 Å². The molecule has 0 aliphatic heterocycles. The van der Waals surface area contributed by atoms with Crippen molar-refractivity contribution < 1.29 is 4.79 Å². The van der Waals surface area contributed by atoms with Crippen molar-refractivity contribution in [3.8, 4) is 0 Å². The van der Waals surface area contributed by atoms with Crippen LogP contribution in [0, 0.1) is 0 Å². The number of hydrogen-bond donors (Lipinski definition) is 3. The minimum absolute atomic E-state index is 0.0644. The largest absolute Gasteiger partial charge is 0.352 e. The zero-order chi connectivity index (χ0) is 14.8. The second-order valence-corrected chi connectivity index (χ2v) is 5.57. The van der Waals surface area contributed by atoms with Gasteiger partial charge in [0.2, 0.25) is 0 Å². The molecule has 0 aliphatic rings. The molecular weight excluding hydrogens is 272 g/mol. The highest BCUT2D eigenvalue weighted by Gasteiger charge is 2.09. The number of nitrogens with one attached hydrogen (secondary N) is 2. The first kappa shape index (κ1) is 16.8. The lowest BCUT2D eigenvalue weighted by Crippen LogP contribution is -2.25. The van der Waals surface area contributed by atoms with Crippen LogP contribution in [0.2, 0.25) is 0 Å². The van der Waals surface area contributed by atoms with Gasteiger partial charge in [-0.05, 0) is 43.4 Å². The maximum absolute atomic E-state index is 12.1. The van der Waals surface area contributed by atoms with E-state index in [-0.39, 0.29) is 5.91 Å². The summed E-state index contributed by atoms with van der Waals surface area (Å²) in [4.78, 5) is 16.4. The summed E-state index contributed by atoms with van der Waals surface area (Å²) < 4.78 is 0. The molecule has 0 unspecified atom stereocenters. The van der Waals surface area contributed by atoms with Crippen LogP contribution >= 0.6 is 11.8 Å². The number of nitrogen functional groups attached to an aromatic ring is 1. The Hall–Kier alpha value is -1.27. The summed E-state index contributed by atoms with van der Waals surface area (Å²) in [6.45, 7) is 2.78. The first-order chi connectivity index (χ1) is 9.71. The van der Waals surface area contributed by atoms with Gasteiger partial charge in [-0.1, -0.05) is 13.3 Å². The van der Waals surface area contributed by atoms with Crippen molar-refractivity contribution in [1.29, 1.82) is 0 Å². The standard InChI is InChI=1S/C14H24N4OS/c1-3-6-12-9-11(10-13(17-12)18-15)14(19)16-7-4-5-8-20-2/h9-10H,3-8,15H2,1-2H3,(H,16,19)(H,17,18). The lowest BCUT2D eigenvalue weighted by Gasteiger charge is -2.09. The summed E-state index contributed by atoms with van der Waals surface area (Å²) in [6, 6.07) is 3.51. The van der Waals surface area contributed by atoms with Gasteiger partial charge in [0.1, 0.15) is 5.82 Å². The maximum atomic E-state index is 12.1. The van der Waals surface area contributed by atoms with Crippen molar-refractivity contribution >= 4 is 23.5 Å². The quantitative estimate of drug-likeness (QED) is 0.370. The summed E-state index contributed by atoms with van der Waals surface area (Å²) >= 11 is 1.83. The number of anilines is 1. The first-order valence-corrected chi connectivity index (χ1v) is 8.35. The number of pyridine rings is 1. The van der Waals surface area contributed by atoms with Gasteiger partial charge in [-0.25, -0.2) is 10.8 Å². The van der Waals surface area contributed by atoms with Crippen LogP contribution in [0.25, 0.3) is 0 Å². The highest BCUT2D eigenvalue weighted by atomic mass is 32.2. The molecule has 1 heterocycles. The van der Waals surface area contributed by atoms with E-state index >= 15 is 0 Å². The van der Waals surface area contributed by atoms with Crippen LogP contribution < -0.4 is 16.6 Å². The number of hydrogen-bond acceptors (Lipinski definition) is 5. The lowest BCUT2D eigenvalue weighted by atomic mass is 10.1. The Morgan fingerprint density at radius 1 is 1.40 bits per heavy atom. The number of aryl methyl sites for hydroxylation is 1. The van der Waals surface area contributed by atoms with Gasteiger partial charge in [-0.15, -0.1) is 0 Å². The molecule has 1 amide bonds. The van der Waals surface area contributed by atoms with E-state index in [1.807, 2.05) is 17.8 Å². The number of carbonyl (C=O) groups is 1. The predicted octanol–water partition coefficient (Wildman–Crippen LogP) is 2.19. The van der Waals surface area contributed by atoms with Crippen LogP contribution in [0.1, 0.15) is 42.2 Å². The number of carbonyl (C=O) groups excluding carboxylic acids is 1. The minimum atomic E-state index is -0.0644. The highest BCUT2D eigenvalue weighted by molar-refractivity contribution is 7.98. The molecule has 0 atom stereocenters. The van der Waals surface area contributed by atoms with Crippen molar-refractivity contribution in [3.05, 3.63) is 23.4 Å². The fourth-order valence-electron chi connectivity index (χ4n) is 1.85. The zero-order valence-corrected chi connectivity index (χ0v) is 13.1. The third-order valence-corrected chi connectivity index (χ3v) is 3.55. The topological polar surface area (TPSA) is 80.0 Å². The molecule has 1 aromatic rings. The van der Waals surface area contributed by atoms with Crippen LogP contribution in [0.3, 0.4) is 0 Å². The molecule has 5 nitrogen and oxygen atoms in total. The number of thioether (sulfide) groups is 1. The van der Waals surface area contributed by atoms with Crippen LogP contribution in [0.4, 0.5) is 5.82 Å². The van der Waals surface area contributed by atoms with E-state index in [0.717, 1.165) is 37.1 Å². The van der Waals surface area contributed by atoms with E-state index in [4.69, 9.17) is 5.84 Å². The number of amides is 1. The summed E-state index contributed by atoms with van der Waals surface area (Å²) in [5.74, 6) is 6.99. The van der Waals surface area contributed by atoms with Gasteiger partial charge in [-0.3, -0.25) is 4.79 Å². The van der Waals surface area contributed by atoms with Crippen molar-refractivity contribution in [2.45, 2.75) is 32.6 Å². The van der Waals surface area contributed by atoms with E-state index < -0.39 is 0 Å². The minimum Gasteiger partial charge on any atom is -0.352 e. The van der Waals surface area contributed by atoms with Crippen LogP contribution in [-0.4, -0.2) is 29.4 Å². The predicted molar refractivity (Wildman–Crippen MR) is 86.0 cm³/mol. The molecule has 0 aliphatic carbocycles. The second kappa shape index (κ2) is 9.61. The summed E-state index contributed by atoms with van der Waals surface area (Å²) in [7, 11) is 0. The number of hydrazine groups is 1. The van der Waals surface area contributed by atoms with Crippen LogP contribution in [0.15, 0.2) is 12.1 Å². The molecule has 0 spiro atoms. The molecular formula is C14H24N4OS. The van der Waals surface area contributed by atoms with Gasteiger partial charge in [0.15, 0.2) is 0 Å². The molecule has 6 heteroatoms. The van der Waals surface area contributed by atoms with Gasteiger partial charge in [0.05, 0.1) is 0 Å². The molecule has 0 bridgehead atoms. The molecule has 0 aromatic carbocycles. The monoisotopic (exact) mass is 296 g/mol. The molecule has 20 heavy (non-hydrogen) atoms. The normalized spacial score (nSPS) is 10.3. The van der Waals surface area contributed by atoms with Gasteiger partial charge >= 0.3 is 0 Å². The maximum Gasteiger partial charge on any atom is 0.251 e. The molecule has 0 saturated heterocycles. The zero-order valence-electron chi connectivity index (χ0n) is 12.2. The Labute approximate surface area is 125 Å². The summed E-state index contributed by atoms with van der Waals surface area (Å²) in [5.41, 5.74) is 4.01. The molecule has 0 saturated carbocycles. The number of unbranched alkanes of at least 4 members (excludes halogenated alkanes) is 1. The average molecular weight is 296 g/mol. The Bertz CT molecular complexity index is 426. The van der Waals surface area contributed by atoms with E-state index in [1.165, 1.54) is 0 Å². The number of rotatable bonds is 9. The molecule has 4 N–H and O–H groups in total. The third kappa shape index (κ3) is 5.79. The smallest absolute Gasteiger partial charge is 0.251 e. The number of nitrogens with two attached hydrogens (primary N) is 1. The number of aromatic nitrogens is 1. The first-order valence-electron chi connectivity index (χ1n) is 6.96. The van der Waals surface area contributed by atoms with Crippen molar-refractivity contribution in [2.24, 2.45) is 5.84 Å². The summed E-state index contributed by atoms with van der Waals surface area (Å²) in [6.07, 6.45) is 6.03. The molecule has 1 aromatic heterocycles. The van der Waals surface area contributed by atoms with Gasteiger partial charge < -0.3 is 10.7 Å². The number of nitrogens with zero attached hydrogens (tertiary/aromatic N) is 1. The third-order valence-electron chi connectivity index (χ3n) is 2.86. The Morgan fingerprint density at radius 3 is 2.85 bits per heavy atom. The second-order valence-electron chi connectivity index (χ2n) is 4.58. The van der Waals surface area contributed by atoms with Crippen LogP contribution in [-0.2, 0) is 6.42 Å². The van der Waals surface area contributed by atoms with Crippen LogP contribution in [0.5, 0.6) is 0 Å².